The Kier molecular flexibility index (Phi) is 6.18. The molecule has 0 aliphatic rings. The summed E-state index contributed by atoms with van der Waals surface area (Å²) in [6.07, 6.45) is 1.63. The minimum atomic E-state index is -0.609. The maximum absolute atomic E-state index is 11.1. The lowest BCUT2D eigenvalue weighted by Crippen LogP contribution is -2.16. The van der Waals surface area contributed by atoms with Gasteiger partial charge in [-0.1, -0.05) is 64.6 Å². The number of pyridine rings is 2. The molecule has 0 aliphatic heterocycles. The molecule has 31 heavy (non-hydrogen) atoms. The van der Waals surface area contributed by atoms with Gasteiger partial charge in [0, 0.05) is 27.7 Å². The second-order valence-electron chi connectivity index (χ2n) is 7.17. The lowest BCUT2D eigenvalue weighted by molar-refractivity contribution is 0.471. The fraction of sp³-hybridized carbons (Fsp3) is 0.130. The molecule has 2 N–H and O–H groups in total. The van der Waals surface area contributed by atoms with Crippen molar-refractivity contribution in [3.05, 3.63) is 91.1 Å². The van der Waals surface area contributed by atoms with Crippen LogP contribution in [0.3, 0.4) is 0 Å². The van der Waals surface area contributed by atoms with Gasteiger partial charge in [-0.05, 0) is 43.7 Å². The number of aryl methyl sites for hydroxylation is 2. The number of benzene rings is 2. The van der Waals surface area contributed by atoms with Gasteiger partial charge in [-0.15, -0.1) is 0 Å². The van der Waals surface area contributed by atoms with Crippen LogP contribution in [-0.4, -0.2) is 15.1 Å². The summed E-state index contributed by atoms with van der Waals surface area (Å²) in [5.74, 6) is 0.630. The molecule has 1 atom stereocenters. The average Bonchev–Trinajstić information content (AvgIpc) is 2.73. The number of hydrogen-bond donors (Lipinski definition) is 2. The first-order chi connectivity index (χ1) is 14.8. The third-order valence-corrected chi connectivity index (χ3v) is 6.46. The van der Waals surface area contributed by atoms with Crippen LogP contribution in [0, 0.1) is 13.8 Å². The number of halogens is 4. The van der Waals surface area contributed by atoms with E-state index in [0.29, 0.717) is 48.2 Å². The third kappa shape index (κ3) is 4.26. The smallest absolute Gasteiger partial charge is 0.147 e. The normalized spacial score (nSPS) is 12.2. The van der Waals surface area contributed by atoms with Crippen LogP contribution >= 0.6 is 46.4 Å². The molecule has 4 aromatic rings. The van der Waals surface area contributed by atoms with E-state index in [4.69, 9.17) is 46.4 Å². The summed E-state index contributed by atoms with van der Waals surface area (Å²) in [6.45, 7) is 3.72. The van der Waals surface area contributed by atoms with E-state index in [1.165, 1.54) is 0 Å². The maximum Gasteiger partial charge on any atom is 0.147 e. The number of nitrogens with zero attached hydrogens (tertiary/aromatic N) is 2. The Morgan fingerprint density at radius 1 is 0.935 bits per heavy atom. The highest BCUT2D eigenvalue weighted by atomic mass is 35.5. The fourth-order valence-electron chi connectivity index (χ4n) is 3.44. The summed E-state index contributed by atoms with van der Waals surface area (Å²) in [5.41, 5.74) is 3.14. The van der Waals surface area contributed by atoms with E-state index in [1.807, 2.05) is 44.2 Å². The van der Waals surface area contributed by atoms with Crippen LogP contribution in [0.2, 0.25) is 20.1 Å². The van der Waals surface area contributed by atoms with Crippen molar-refractivity contribution in [2.45, 2.75) is 19.9 Å². The van der Waals surface area contributed by atoms with Crippen molar-refractivity contribution in [3.63, 3.8) is 0 Å². The van der Waals surface area contributed by atoms with E-state index in [0.717, 1.165) is 10.9 Å². The highest BCUT2D eigenvalue weighted by Gasteiger charge is 2.25. The van der Waals surface area contributed by atoms with E-state index in [-0.39, 0.29) is 5.75 Å². The minimum absolute atomic E-state index is 0.0334. The van der Waals surface area contributed by atoms with Crippen molar-refractivity contribution < 1.29 is 5.11 Å². The van der Waals surface area contributed by atoms with Crippen molar-refractivity contribution >= 4 is 63.1 Å². The number of anilines is 1. The predicted octanol–water partition coefficient (Wildman–Crippen LogP) is 7.77. The number of aromatic nitrogens is 2. The van der Waals surface area contributed by atoms with Gasteiger partial charge in [0.25, 0.3) is 0 Å². The molecular formula is C23H17Cl4N3O. The largest absolute Gasteiger partial charge is 0.505 e. The molecule has 0 aliphatic carbocycles. The lowest BCUT2D eigenvalue weighted by atomic mass is 9.96. The molecule has 1 unspecified atom stereocenters. The average molecular weight is 493 g/mol. The van der Waals surface area contributed by atoms with Gasteiger partial charge in [0.1, 0.15) is 17.1 Å². The first-order valence-corrected chi connectivity index (χ1v) is 10.9. The second-order valence-corrected chi connectivity index (χ2v) is 8.80. The summed E-state index contributed by atoms with van der Waals surface area (Å²) in [4.78, 5) is 8.91. The monoisotopic (exact) mass is 491 g/mol. The number of nitrogens with one attached hydrogen (secondary N) is 1. The molecule has 4 rings (SSSR count). The highest BCUT2D eigenvalue weighted by molar-refractivity contribution is 6.43. The van der Waals surface area contributed by atoms with Crippen LogP contribution in [0.1, 0.15) is 28.4 Å². The molecular weight excluding hydrogens is 476 g/mol. The second kappa shape index (κ2) is 8.71. The number of phenols is 1. The standard InChI is InChI=1S/C23H17Cl4N3O/c1-11-8-17(25)12(2)29-23(11)30-21(16-9-14(24)10-18(26)19(16)27)15-6-5-13-4-3-7-28-20(13)22(15)31/h3-10,21,31H,1-2H3,(H,29,30). The Morgan fingerprint density at radius 2 is 1.71 bits per heavy atom. The van der Waals surface area contributed by atoms with E-state index in [2.05, 4.69) is 15.3 Å². The molecule has 0 saturated carbocycles. The first-order valence-electron chi connectivity index (χ1n) is 9.37. The minimum Gasteiger partial charge on any atom is -0.505 e. The molecule has 8 heteroatoms. The summed E-state index contributed by atoms with van der Waals surface area (Å²) < 4.78 is 0. The first kappa shape index (κ1) is 22.0. The number of aromatic hydroxyl groups is 1. The van der Waals surface area contributed by atoms with Crippen molar-refractivity contribution in [1.29, 1.82) is 0 Å². The van der Waals surface area contributed by atoms with Gasteiger partial charge in [-0.2, -0.15) is 0 Å². The molecule has 0 amide bonds. The third-order valence-electron chi connectivity index (χ3n) is 5.05. The van der Waals surface area contributed by atoms with Gasteiger partial charge in [0.05, 0.1) is 26.8 Å². The van der Waals surface area contributed by atoms with Gasteiger partial charge in [0.2, 0.25) is 0 Å². The lowest BCUT2D eigenvalue weighted by Gasteiger charge is -2.24. The topological polar surface area (TPSA) is 58.0 Å². The van der Waals surface area contributed by atoms with E-state index in [1.54, 1.807) is 18.3 Å². The molecule has 2 heterocycles. The van der Waals surface area contributed by atoms with Crippen molar-refractivity contribution in [2.24, 2.45) is 0 Å². The van der Waals surface area contributed by atoms with E-state index < -0.39 is 6.04 Å². The van der Waals surface area contributed by atoms with Crippen molar-refractivity contribution in [3.8, 4) is 5.75 Å². The Morgan fingerprint density at radius 3 is 2.48 bits per heavy atom. The van der Waals surface area contributed by atoms with Gasteiger partial charge in [-0.25, -0.2) is 4.98 Å². The zero-order valence-electron chi connectivity index (χ0n) is 16.5. The van der Waals surface area contributed by atoms with Gasteiger partial charge >= 0.3 is 0 Å². The maximum atomic E-state index is 11.1. The van der Waals surface area contributed by atoms with Crippen molar-refractivity contribution in [2.75, 3.05) is 5.32 Å². The fourth-order valence-corrected chi connectivity index (χ4v) is 4.38. The van der Waals surface area contributed by atoms with Gasteiger partial charge < -0.3 is 10.4 Å². The SMILES string of the molecule is Cc1cc(Cl)c(C)nc1NC(c1cc(Cl)cc(Cl)c1Cl)c1ccc2cccnc2c1O. The van der Waals surface area contributed by atoms with Crippen LogP contribution in [0.15, 0.2) is 48.7 Å². The molecule has 0 radical (unpaired) electrons. The molecule has 2 aromatic carbocycles. The number of rotatable bonds is 4. The molecule has 4 nitrogen and oxygen atoms in total. The molecule has 158 valence electrons. The van der Waals surface area contributed by atoms with Crippen LogP contribution in [0.5, 0.6) is 5.75 Å². The Hall–Kier alpha value is -2.24. The van der Waals surface area contributed by atoms with Gasteiger partial charge in [-0.3, -0.25) is 4.98 Å². The van der Waals surface area contributed by atoms with Crippen LogP contribution < -0.4 is 5.32 Å². The number of hydrogen-bond acceptors (Lipinski definition) is 4. The Labute approximate surface area is 199 Å². The van der Waals surface area contributed by atoms with Crippen LogP contribution in [-0.2, 0) is 0 Å². The summed E-state index contributed by atoms with van der Waals surface area (Å²) >= 11 is 25.4. The molecule has 2 aromatic heterocycles. The van der Waals surface area contributed by atoms with Crippen molar-refractivity contribution in [1.82, 2.24) is 9.97 Å². The quantitative estimate of drug-likeness (QED) is 0.285. The Bertz CT molecular complexity index is 1310. The summed E-state index contributed by atoms with van der Waals surface area (Å²) in [7, 11) is 0. The molecule has 0 spiro atoms. The summed E-state index contributed by atoms with van der Waals surface area (Å²) in [6, 6.07) is 11.9. The predicted molar refractivity (Wildman–Crippen MR) is 129 cm³/mol. The zero-order valence-corrected chi connectivity index (χ0v) is 19.6. The molecule has 0 fully saturated rings. The zero-order chi connectivity index (χ0) is 22.3. The van der Waals surface area contributed by atoms with Gasteiger partial charge in [0.15, 0.2) is 0 Å². The number of phenolic OH excluding ortho intramolecular Hbond substituents is 1. The van der Waals surface area contributed by atoms with E-state index >= 15 is 0 Å². The Balaban J connectivity index is 1.95. The highest BCUT2D eigenvalue weighted by Crippen LogP contribution is 2.42. The molecule has 0 bridgehead atoms. The van der Waals surface area contributed by atoms with Crippen LogP contribution in [0.25, 0.3) is 10.9 Å². The number of fused-ring (bicyclic) bond motifs is 1. The molecule has 0 saturated heterocycles. The van der Waals surface area contributed by atoms with E-state index in [9.17, 15) is 5.11 Å². The van der Waals surface area contributed by atoms with Crippen LogP contribution in [0.4, 0.5) is 5.82 Å². The summed E-state index contributed by atoms with van der Waals surface area (Å²) in [5, 5.41) is 16.9.